The van der Waals surface area contributed by atoms with Crippen molar-refractivity contribution < 1.29 is 29.3 Å². The van der Waals surface area contributed by atoms with Crippen molar-refractivity contribution in [1.82, 2.24) is 0 Å². The highest BCUT2D eigenvalue weighted by Crippen LogP contribution is 2.71. The molecule has 26 heavy (non-hydrogen) atoms. The minimum atomic E-state index is -1.57. The van der Waals surface area contributed by atoms with Crippen LogP contribution in [-0.4, -0.2) is 47.1 Å². The molecule has 2 bridgehead atoms. The molecule has 5 fully saturated rings. The normalized spacial score (nSPS) is 54.4. The van der Waals surface area contributed by atoms with Gasteiger partial charge in [-0.2, -0.15) is 0 Å². The van der Waals surface area contributed by atoms with Gasteiger partial charge in [-0.3, -0.25) is 9.59 Å². The molecule has 2 N–H and O–H groups in total. The lowest BCUT2D eigenvalue weighted by molar-refractivity contribution is -0.249. The summed E-state index contributed by atoms with van der Waals surface area (Å²) in [5.74, 6) is -1.96. The average molecular weight is 362 g/mol. The quantitative estimate of drug-likeness (QED) is 0.382. The molecule has 0 aromatic rings. The number of hydrogen-bond donors (Lipinski definition) is 2. The Labute approximate surface area is 152 Å². The number of rotatable bonds is 0. The van der Waals surface area contributed by atoms with E-state index in [1.807, 2.05) is 0 Å². The fraction of sp³-hybridized carbons (Fsp3) is 0.800. The summed E-state index contributed by atoms with van der Waals surface area (Å²) < 4.78 is 11.6. The molecular formula is C20H26O6. The van der Waals surface area contributed by atoms with Gasteiger partial charge in [0.1, 0.15) is 6.10 Å². The Morgan fingerprint density at radius 1 is 1.15 bits per heavy atom. The first-order valence-corrected chi connectivity index (χ1v) is 9.61. The second-order valence-electron chi connectivity index (χ2n) is 9.62. The Hall–Kier alpha value is -1.24. The molecule has 142 valence electrons. The highest BCUT2D eigenvalue weighted by atomic mass is 16.6. The molecule has 2 aliphatic heterocycles. The van der Waals surface area contributed by atoms with E-state index in [2.05, 4.69) is 20.4 Å². The molecule has 0 amide bonds. The molecule has 6 nitrogen and oxygen atoms in total. The summed E-state index contributed by atoms with van der Waals surface area (Å²) in [5.41, 5.74) is -2.08. The van der Waals surface area contributed by atoms with Crippen molar-refractivity contribution in [2.24, 2.45) is 34.0 Å². The molecule has 3 aliphatic carbocycles. The van der Waals surface area contributed by atoms with Crippen LogP contribution in [-0.2, 0) is 19.1 Å². The summed E-state index contributed by atoms with van der Waals surface area (Å²) >= 11 is 0. The van der Waals surface area contributed by atoms with Gasteiger partial charge >= 0.3 is 5.97 Å². The van der Waals surface area contributed by atoms with E-state index >= 15 is 0 Å². The third kappa shape index (κ3) is 1.54. The van der Waals surface area contributed by atoms with Crippen molar-refractivity contribution in [3.05, 3.63) is 12.2 Å². The minimum Gasteiger partial charge on any atom is -0.461 e. The van der Waals surface area contributed by atoms with E-state index in [9.17, 15) is 19.8 Å². The summed E-state index contributed by atoms with van der Waals surface area (Å²) in [6, 6.07) is 0. The number of carbonyl (C=O) groups excluding carboxylic acids is 2. The van der Waals surface area contributed by atoms with Gasteiger partial charge in [-0.05, 0) is 42.6 Å². The second kappa shape index (κ2) is 4.78. The van der Waals surface area contributed by atoms with Crippen LogP contribution in [0.2, 0.25) is 0 Å². The van der Waals surface area contributed by atoms with Gasteiger partial charge in [0.15, 0.2) is 17.5 Å². The summed E-state index contributed by atoms with van der Waals surface area (Å²) in [6.45, 7) is 8.35. The number of hydrogen-bond acceptors (Lipinski definition) is 6. The molecule has 0 radical (unpaired) electrons. The Morgan fingerprint density at radius 3 is 2.62 bits per heavy atom. The smallest absolute Gasteiger partial charge is 0.323 e. The number of aliphatic hydroxyl groups is 2. The first kappa shape index (κ1) is 16.9. The van der Waals surface area contributed by atoms with E-state index in [-0.39, 0.29) is 41.7 Å². The van der Waals surface area contributed by atoms with E-state index in [0.717, 1.165) is 6.42 Å². The number of esters is 1. The monoisotopic (exact) mass is 362 g/mol. The molecule has 3 saturated carbocycles. The zero-order chi connectivity index (χ0) is 18.6. The predicted molar refractivity (Wildman–Crippen MR) is 89.6 cm³/mol. The molecule has 2 heterocycles. The number of ether oxygens (including phenoxy) is 2. The molecule has 1 unspecified atom stereocenters. The standard InChI is InChI=1S/C20H26O6/c1-9-10-4-5-11-19-8-25-16(23)13(19)18(2,3)7-6-12(19)26-17(24)20(11,14(9)21)15(10)22/h10-13,15-16,22-23H,1,4-8H2,2-3H3/t10-,11-,12-,13+,15?,16+,19+,20-/m0/s1. The lowest BCUT2D eigenvalue weighted by Crippen LogP contribution is -2.70. The topological polar surface area (TPSA) is 93.1 Å². The van der Waals surface area contributed by atoms with Crippen LogP contribution in [0.3, 0.4) is 0 Å². The lowest BCUT2D eigenvalue weighted by atomic mass is 9.43. The Kier molecular flexibility index (Phi) is 3.10. The van der Waals surface area contributed by atoms with Gasteiger partial charge in [-0.15, -0.1) is 0 Å². The van der Waals surface area contributed by atoms with Crippen molar-refractivity contribution in [3.8, 4) is 0 Å². The van der Waals surface area contributed by atoms with Crippen LogP contribution in [0.25, 0.3) is 0 Å². The van der Waals surface area contributed by atoms with E-state index in [4.69, 9.17) is 9.47 Å². The van der Waals surface area contributed by atoms with E-state index < -0.39 is 29.2 Å². The van der Waals surface area contributed by atoms with Crippen LogP contribution in [0, 0.1) is 34.0 Å². The molecule has 6 heteroatoms. The van der Waals surface area contributed by atoms with Gasteiger partial charge in [0.05, 0.1) is 12.7 Å². The first-order chi connectivity index (χ1) is 12.2. The number of carbonyl (C=O) groups is 2. The summed E-state index contributed by atoms with van der Waals surface area (Å²) in [4.78, 5) is 26.3. The number of ketones is 1. The molecule has 0 aromatic heterocycles. The molecule has 8 atom stereocenters. The van der Waals surface area contributed by atoms with Gasteiger partial charge < -0.3 is 19.7 Å². The van der Waals surface area contributed by atoms with Crippen LogP contribution >= 0.6 is 0 Å². The van der Waals surface area contributed by atoms with E-state index in [0.29, 0.717) is 24.8 Å². The van der Waals surface area contributed by atoms with Gasteiger partial charge in [-0.25, -0.2) is 0 Å². The zero-order valence-corrected chi connectivity index (χ0v) is 15.2. The fourth-order valence-electron chi connectivity index (χ4n) is 7.35. The van der Waals surface area contributed by atoms with Crippen molar-refractivity contribution >= 4 is 11.8 Å². The van der Waals surface area contributed by atoms with E-state index in [1.165, 1.54) is 0 Å². The molecular weight excluding hydrogens is 336 g/mol. The highest BCUT2D eigenvalue weighted by Gasteiger charge is 2.80. The van der Waals surface area contributed by atoms with Crippen molar-refractivity contribution in [2.75, 3.05) is 6.61 Å². The predicted octanol–water partition coefficient (Wildman–Crippen LogP) is 1.20. The lowest BCUT2D eigenvalue weighted by Gasteiger charge is -2.62. The van der Waals surface area contributed by atoms with Gasteiger partial charge in [0.25, 0.3) is 0 Å². The summed E-state index contributed by atoms with van der Waals surface area (Å²) in [5, 5.41) is 21.7. The Balaban J connectivity index is 1.74. The maximum absolute atomic E-state index is 13.2. The van der Waals surface area contributed by atoms with Crippen molar-refractivity contribution in [2.45, 2.75) is 58.0 Å². The maximum Gasteiger partial charge on any atom is 0.323 e. The zero-order valence-electron chi connectivity index (χ0n) is 15.2. The molecule has 0 aromatic carbocycles. The van der Waals surface area contributed by atoms with Crippen molar-refractivity contribution in [1.29, 1.82) is 0 Å². The van der Waals surface area contributed by atoms with Gasteiger partial charge in [0.2, 0.25) is 0 Å². The Morgan fingerprint density at radius 2 is 1.88 bits per heavy atom. The number of Topliss-reactive ketones (excluding diaryl/α,β-unsaturated/α-hetero) is 1. The highest BCUT2D eigenvalue weighted by molar-refractivity contribution is 6.16. The van der Waals surface area contributed by atoms with Gasteiger partial charge in [0, 0.05) is 17.3 Å². The van der Waals surface area contributed by atoms with Gasteiger partial charge in [-0.1, -0.05) is 20.4 Å². The van der Waals surface area contributed by atoms with Crippen LogP contribution in [0.5, 0.6) is 0 Å². The third-order valence-corrected chi connectivity index (χ3v) is 8.37. The molecule has 2 saturated heterocycles. The van der Waals surface area contributed by atoms with Crippen LogP contribution in [0.15, 0.2) is 12.2 Å². The van der Waals surface area contributed by atoms with Crippen LogP contribution in [0.4, 0.5) is 0 Å². The van der Waals surface area contributed by atoms with Crippen LogP contribution in [0.1, 0.15) is 39.5 Å². The molecule has 5 rings (SSSR count). The maximum atomic E-state index is 13.2. The van der Waals surface area contributed by atoms with Crippen molar-refractivity contribution in [3.63, 3.8) is 0 Å². The first-order valence-electron chi connectivity index (χ1n) is 9.61. The average Bonchev–Trinajstić information content (AvgIpc) is 2.98. The molecule has 5 aliphatic rings. The Bertz CT molecular complexity index is 728. The summed E-state index contributed by atoms with van der Waals surface area (Å²) in [6.07, 6.45) is 0.342. The van der Waals surface area contributed by atoms with E-state index in [1.54, 1.807) is 0 Å². The molecule has 2 spiro atoms. The summed E-state index contributed by atoms with van der Waals surface area (Å²) in [7, 11) is 0. The second-order valence-corrected chi connectivity index (χ2v) is 9.62. The van der Waals surface area contributed by atoms with Crippen LogP contribution < -0.4 is 0 Å². The largest absolute Gasteiger partial charge is 0.461 e. The SMILES string of the molecule is C=C1C(=O)[C@@]23C(=O)O[C@H]4CCC(C)(C)[C@H]5[C@H](O)OC[C@@]45[C@@H]2CC[C@@H]1C3O. The minimum absolute atomic E-state index is 0.210. The number of aliphatic hydroxyl groups excluding tert-OH is 2. The fourth-order valence-corrected chi connectivity index (χ4v) is 7.35. The third-order valence-electron chi connectivity index (χ3n) is 8.37. The number of fused-ring (bicyclic) bond motifs is 1.